The van der Waals surface area contributed by atoms with Crippen molar-refractivity contribution < 1.29 is 4.79 Å². The Morgan fingerprint density at radius 2 is 2.18 bits per heavy atom. The van der Waals surface area contributed by atoms with E-state index in [9.17, 15) is 4.79 Å². The van der Waals surface area contributed by atoms with Crippen molar-refractivity contribution in [2.75, 3.05) is 6.54 Å². The first-order chi connectivity index (χ1) is 10.8. The van der Waals surface area contributed by atoms with Crippen molar-refractivity contribution in [1.82, 2.24) is 15.1 Å². The number of hydrogen-bond donors (Lipinski definition) is 1. The molecular weight excluding hydrogens is 274 g/mol. The third-order valence-electron chi connectivity index (χ3n) is 4.11. The molecule has 0 unspecified atom stereocenters. The normalized spacial score (nSPS) is 17.1. The van der Waals surface area contributed by atoms with Crippen LogP contribution < -0.4 is 0 Å². The molecule has 1 aromatic heterocycles. The molecule has 1 atom stereocenters. The van der Waals surface area contributed by atoms with Gasteiger partial charge >= 0.3 is 0 Å². The van der Waals surface area contributed by atoms with E-state index < -0.39 is 0 Å². The summed E-state index contributed by atoms with van der Waals surface area (Å²) in [5.74, 6) is 0.0544. The number of H-pyrrole nitrogens is 1. The van der Waals surface area contributed by atoms with Crippen LogP contribution in [0.25, 0.3) is 11.3 Å². The molecule has 4 nitrogen and oxygen atoms in total. The summed E-state index contributed by atoms with van der Waals surface area (Å²) in [4.78, 5) is 14.8. The van der Waals surface area contributed by atoms with E-state index in [1.54, 1.807) is 6.20 Å². The second kappa shape index (κ2) is 6.60. The van der Waals surface area contributed by atoms with Gasteiger partial charge in [-0.05, 0) is 6.42 Å². The van der Waals surface area contributed by atoms with E-state index in [0.29, 0.717) is 12.1 Å². The number of benzene rings is 1. The average Bonchev–Trinajstić information content (AvgIpc) is 3.22. The number of carbonyl (C=O) groups is 1. The second-order valence-electron chi connectivity index (χ2n) is 5.62. The van der Waals surface area contributed by atoms with Crippen molar-refractivity contribution in [3.05, 3.63) is 54.2 Å². The van der Waals surface area contributed by atoms with Gasteiger partial charge in [-0.3, -0.25) is 9.89 Å². The lowest BCUT2D eigenvalue weighted by Gasteiger charge is -2.24. The summed E-state index contributed by atoms with van der Waals surface area (Å²) < 4.78 is 0. The molecule has 1 N–H and O–H groups in total. The maximum Gasteiger partial charge on any atom is 0.258 e. The molecule has 3 rings (SSSR count). The van der Waals surface area contributed by atoms with Gasteiger partial charge in [0, 0.05) is 12.1 Å². The number of unbranched alkanes of at least 4 members (excludes halogenated alkanes) is 1. The van der Waals surface area contributed by atoms with Crippen LogP contribution in [-0.2, 0) is 0 Å². The van der Waals surface area contributed by atoms with Crippen molar-refractivity contribution in [3.63, 3.8) is 0 Å². The van der Waals surface area contributed by atoms with Gasteiger partial charge in [0.1, 0.15) is 0 Å². The van der Waals surface area contributed by atoms with Gasteiger partial charge in [-0.15, -0.1) is 0 Å². The lowest BCUT2D eigenvalue weighted by atomic mass is 10.1. The van der Waals surface area contributed by atoms with E-state index in [-0.39, 0.29) is 11.9 Å². The maximum atomic E-state index is 12.9. The number of nitrogens with one attached hydrogen (secondary N) is 1. The highest BCUT2D eigenvalue weighted by Crippen LogP contribution is 2.25. The molecular formula is C18H21N3O. The standard InChI is InChI=1S/C18H21N3O/c1-2-3-10-15-11-7-12-21(15)18(22)16-13-19-20-17(16)14-8-5-4-6-9-14/h4-9,11,13,15H,2-3,10,12H2,1H3,(H,19,20)/t15-/m1/s1. The predicted octanol–water partition coefficient (Wildman–Crippen LogP) is 3.65. The molecule has 0 bridgehead atoms. The predicted molar refractivity (Wildman–Crippen MR) is 87.5 cm³/mol. The Balaban J connectivity index is 1.83. The minimum Gasteiger partial charge on any atom is -0.328 e. The minimum atomic E-state index is 0.0544. The Labute approximate surface area is 130 Å². The van der Waals surface area contributed by atoms with E-state index >= 15 is 0 Å². The van der Waals surface area contributed by atoms with Crippen molar-refractivity contribution in [2.45, 2.75) is 32.2 Å². The van der Waals surface area contributed by atoms with E-state index in [1.807, 2.05) is 35.2 Å². The van der Waals surface area contributed by atoms with Gasteiger partial charge in [0.25, 0.3) is 5.91 Å². The van der Waals surface area contributed by atoms with Gasteiger partial charge < -0.3 is 4.90 Å². The summed E-state index contributed by atoms with van der Waals surface area (Å²) in [6, 6.07) is 10.1. The van der Waals surface area contributed by atoms with Crippen molar-refractivity contribution in [3.8, 4) is 11.3 Å². The lowest BCUT2D eigenvalue weighted by Crippen LogP contribution is -2.36. The summed E-state index contributed by atoms with van der Waals surface area (Å²) in [5.41, 5.74) is 2.43. The monoisotopic (exact) mass is 295 g/mol. The van der Waals surface area contributed by atoms with E-state index in [2.05, 4.69) is 29.3 Å². The molecule has 114 valence electrons. The summed E-state index contributed by atoms with van der Waals surface area (Å²) in [7, 11) is 0. The molecule has 0 aliphatic carbocycles. The van der Waals surface area contributed by atoms with E-state index in [0.717, 1.165) is 30.5 Å². The van der Waals surface area contributed by atoms with Crippen LogP contribution in [0.4, 0.5) is 0 Å². The fraction of sp³-hybridized carbons (Fsp3) is 0.333. The quantitative estimate of drug-likeness (QED) is 0.856. The maximum absolute atomic E-state index is 12.9. The highest BCUT2D eigenvalue weighted by molar-refractivity contribution is 6.00. The Bertz CT molecular complexity index is 660. The zero-order valence-electron chi connectivity index (χ0n) is 12.8. The first kappa shape index (κ1) is 14.6. The highest BCUT2D eigenvalue weighted by atomic mass is 16.2. The van der Waals surface area contributed by atoms with Crippen molar-refractivity contribution in [1.29, 1.82) is 0 Å². The number of hydrogen-bond acceptors (Lipinski definition) is 2. The topological polar surface area (TPSA) is 49.0 Å². The van der Waals surface area contributed by atoms with Gasteiger partial charge in [0.15, 0.2) is 0 Å². The van der Waals surface area contributed by atoms with E-state index in [4.69, 9.17) is 0 Å². The Morgan fingerprint density at radius 1 is 1.36 bits per heavy atom. The third kappa shape index (κ3) is 2.82. The second-order valence-corrected chi connectivity index (χ2v) is 5.62. The summed E-state index contributed by atoms with van der Waals surface area (Å²) in [6.07, 6.45) is 9.18. The Morgan fingerprint density at radius 3 is 2.95 bits per heavy atom. The molecule has 1 aliphatic heterocycles. The highest BCUT2D eigenvalue weighted by Gasteiger charge is 2.27. The third-order valence-corrected chi connectivity index (χ3v) is 4.11. The fourth-order valence-corrected chi connectivity index (χ4v) is 2.90. The van der Waals surface area contributed by atoms with Crippen LogP contribution in [-0.4, -0.2) is 33.6 Å². The van der Waals surface area contributed by atoms with Crippen LogP contribution >= 0.6 is 0 Å². The zero-order valence-corrected chi connectivity index (χ0v) is 12.8. The molecule has 1 aromatic carbocycles. The molecule has 1 aliphatic rings. The number of aromatic amines is 1. The molecule has 2 heterocycles. The number of aromatic nitrogens is 2. The SMILES string of the molecule is CCCC[C@@H]1C=CCN1C(=O)c1cn[nH]c1-c1ccccc1. The van der Waals surface area contributed by atoms with Crippen molar-refractivity contribution in [2.24, 2.45) is 0 Å². The van der Waals surface area contributed by atoms with Gasteiger partial charge in [0.2, 0.25) is 0 Å². The van der Waals surface area contributed by atoms with Gasteiger partial charge in [0.05, 0.1) is 23.5 Å². The van der Waals surface area contributed by atoms with Gasteiger partial charge in [-0.1, -0.05) is 62.2 Å². The van der Waals surface area contributed by atoms with Crippen LogP contribution in [0, 0.1) is 0 Å². The summed E-state index contributed by atoms with van der Waals surface area (Å²) in [6.45, 7) is 2.86. The zero-order chi connectivity index (χ0) is 15.4. The van der Waals surface area contributed by atoms with Gasteiger partial charge in [-0.2, -0.15) is 5.10 Å². The molecule has 0 saturated carbocycles. The fourth-order valence-electron chi connectivity index (χ4n) is 2.90. The molecule has 0 spiro atoms. The minimum absolute atomic E-state index is 0.0544. The summed E-state index contributed by atoms with van der Waals surface area (Å²) in [5, 5.41) is 7.05. The number of nitrogens with zero attached hydrogens (tertiary/aromatic N) is 2. The van der Waals surface area contributed by atoms with E-state index in [1.165, 1.54) is 0 Å². The first-order valence-corrected chi connectivity index (χ1v) is 7.87. The molecule has 1 amide bonds. The van der Waals surface area contributed by atoms with Crippen molar-refractivity contribution >= 4 is 5.91 Å². The Hall–Kier alpha value is -2.36. The van der Waals surface area contributed by atoms with Crippen LogP contribution in [0.2, 0.25) is 0 Å². The molecule has 22 heavy (non-hydrogen) atoms. The van der Waals surface area contributed by atoms with Crippen LogP contribution in [0.3, 0.4) is 0 Å². The van der Waals surface area contributed by atoms with Crippen LogP contribution in [0.5, 0.6) is 0 Å². The smallest absolute Gasteiger partial charge is 0.258 e. The van der Waals surface area contributed by atoms with Crippen LogP contribution in [0.15, 0.2) is 48.7 Å². The number of amides is 1. The number of rotatable bonds is 5. The summed E-state index contributed by atoms with van der Waals surface area (Å²) >= 11 is 0. The average molecular weight is 295 g/mol. The van der Waals surface area contributed by atoms with Crippen LogP contribution in [0.1, 0.15) is 36.5 Å². The molecule has 2 aromatic rings. The number of carbonyl (C=O) groups excluding carboxylic acids is 1. The molecule has 4 heteroatoms. The molecule has 0 saturated heterocycles. The molecule has 0 radical (unpaired) electrons. The van der Waals surface area contributed by atoms with Gasteiger partial charge in [-0.25, -0.2) is 0 Å². The Kier molecular flexibility index (Phi) is 4.37. The molecule has 0 fully saturated rings. The first-order valence-electron chi connectivity index (χ1n) is 7.87. The lowest BCUT2D eigenvalue weighted by molar-refractivity contribution is 0.0744. The largest absolute Gasteiger partial charge is 0.328 e.